The summed E-state index contributed by atoms with van der Waals surface area (Å²) in [5, 5.41) is 0. The third-order valence-electron chi connectivity index (χ3n) is 0.956. The van der Waals surface area contributed by atoms with Crippen molar-refractivity contribution in [2.45, 2.75) is 13.2 Å². The number of ether oxygens (including phenoxy) is 1. The van der Waals surface area contributed by atoms with Crippen molar-refractivity contribution in [3.63, 3.8) is 0 Å². The highest BCUT2D eigenvalue weighted by atomic mass is 16.5. The number of nitrogens with two attached hydrogens (primary N) is 1. The van der Waals surface area contributed by atoms with Crippen molar-refractivity contribution in [3.05, 3.63) is 24.5 Å². The van der Waals surface area contributed by atoms with E-state index >= 15 is 0 Å². The lowest BCUT2D eigenvalue weighted by molar-refractivity contribution is 0.229. The molecule has 3 heteroatoms. The van der Waals surface area contributed by atoms with Crippen LogP contribution in [0.25, 0.3) is 0 Å². The predicted molar refractivity (Wildman–Crippen MR) is 38.5 cm³/mol. The molecular weight excluding hydrogens is 128 g/mol. The normalized spacial score (nSPS) is 12.6. The highest BCUT2D eigenvalue weighted by Crippen LogP contribution is 2.06. The lowest BCUT2D eigenvalue weighted by Crippen LogP contribution is -2.22. The van der Waals surface area contributed by atoms with Crippen LogP contribution in [-0.4, -0.2) is 11.2 Å². The molecule has 0 bridgehead atoms. The molecule has 1 heterocycles. The average molecular weight is 138 g/mol. The van der Waals surface area contributed by atoms with Gasteiger partial charge in [0.15, 0.2) is 0 Å². The third-order valence-corrected chi connectivity index (χ3v) is 0.956. The van der Waals surface area contributed by atoms with Crippen molar-refractivity contribution in [1.82, 2.24) is 4.98 Å². The van der Waals surface area contributed by atoms with Crippen LogP contribution in [0.15, 0.2) is 24.5 Å². The zero-order chi connectivity index (χ0) is 7.40. The Morgan fingerprint density at radius 3 is 3.00 bits per heavy atom. The Bertz CT molecular complexity index is 186. The van der Waals surface area contributed by atoms with Gasteiger partial charge in [-0.25, -0.2) is 0 Å². The van der Waals surface area contributed by atoms with Gasteiger partial charge in [0.05, 0.1) is 6.20 Å². The summed E-state index contributed by atoms with van der Waals surface area (Å²) >= 11 is 0. The second kappa shape index (κ2) is 3.17. The first-order valence-corrected chi connectivity index (χ1v) is 3.11. The van der Waals surface area contributed by atoms with Gasteiger partial charge in [-0.15, -0.1) is 0 Å². The number of hydrogen-bond acceptors (Lipinski definition) is 3. The van der Waals surface area contributed by atoms with Crippen LogP contribution >= 0.6 is 0 Å². The summed E-state index contributed by atoms with van der Waals surface area (Å²) in [6, 6.07) is 3.62. The van der Waals surface area contributed by atoms with Crippen molar-refractivity contribution < 1.29 is 4.74 Å². The van der Waals surface area contributed by atoms with E-state index in [4.69, 9.17) is 10.5 Å². The second-order valence-electron chi connectivity index (χ2n) is 2.01. The van der Waals surface area contributed by atoms with Crippen LogP contribution in [0.4, 0.5) is 0 Å². The molecule has 0 saturated carbocycles. The molecule has 1 rings (SSSR count). The van der Waals surface area contributed by atoms with E-state index in [0.717, 1.165) is 0 Å². The molecule has 1 aromatic rings. The minimum absolute atomic E-state index is 0.274. The average Bonchev–Trinajstić information content (AvgIpc) is 1.88. The van der Waals surface area contributed by atoms with Gasteiger partial charge in [0.1, 0.15) is 12.0 Å². The molecule has 2 N–H and O–H groups in total. The van der Waals surface area contributed by atoms with Crippen LogP contribution in [0, 0.1) is 0 Å². The monoisotopic (exact) mass is 138 g/mol. The Morgan fingerprint density at radius 1 is 1.70 bits per heavy atom. The molecule has 0 saturated heterocycles. The minimum atomic E-state index is -0.274. The Morgan fingerprint density at radius 2 is 2.50 bits per heavy atom. The van der Waals surface area contributed by atoms with E-state index in [1.165, 1.54) is 0 Å². The number of pyridine rings is 1. The molecule has 1 unspecified atom stereocenters. The Labute approximate surface area is 59.8 Å². The zero-order valence-electron chi connectivity index (χ0n) is 5.82. The maximum absolute atomic E-state index is 5.37. The third kappa shape index (κ3) is 2.03. The molecule has 54 valence electrons. The first-order valence-electron chi connectivity index (χ1n) is 3.11. The Balaban J connectivity index is 2.59. The van der Waals surface area contributed by atoms with Crippen LogP contribution in [-0.2, 0) is 0 Å². The first-order chi connectivity index (χ1) is 4.79. The lowest BCUT2D eigenvalue weighted by atomic mass is 10.5. The minimum Gasteiger partial charge on any atom is -0.474 e. The largest absolute Gasteiger partial charge is 0.474 e. The Hall–Kier alpha value is -1.09. The second-order valence-corrected chi connectivity index (χ2v) is 2.01. The van der Waals surface area contributed by atoms with Crippen molar-refractivity contribution >= 4 is 0 Å². The molecule has 0 fully saturated rings. The van der Waals surface area contributed by atoms with Crippen molar-refractivity contribution in [1.29, 1.82) is 0 Å². The van der Waals surface area contributed by atoms with Crippen LogP contribution in [0.3, 0.4) is 0 Å². The van der Waals surface area contributed by atoms with Gasteiger partial charge >= 0.3 is 0 Å². The molecular formula is C7H10N2O. The van der Waals surface area contributed by atoms with E-state index in [1.807, 2.05) is 6.07 Å². The van der Waals surface area contributed by atoms with Crippen LogP contribution in [0.1, 0.15) is 6.92 Å². The van der Waals surface area contributed by atoms with Crippen LogP contribution < -0.4 is 10.5 Å². The molecule has 0 spiro atoms. The Kier molecular flexibility index (Phi) is 2.23. The van der Waals surface area contributed by atoms with E-state index in [-0.39, 0.29) is 6.23 Å². The van der Waals surface area contributed by atoms with Crippen molar-refractivity contribution in [3.8, 4) is 5.75 Å². The maximum atomic E-state index is 5.37. The summed E-state index contributed by atoms with van der Waals surface area (Å²) in [7, 11) is 0. The molecule has 10 heavy (non-hydrogen) atoms. The van der Waals surface area contributed by atoms with Gasteiger partial charge in [-0.3, -0.25) is 10.7 Å². The first kappa shape index (κ1) is 7.02. The van der Waals surface area contributed by atoms with Gasteiger partial charge in [-0.2, -0.15) is 0 Å². The van der Waals surface area contributed by atoms with Crippen molar-refractivity contribution in [2.24, 2.45) is 5.73 Å². The summed E-state index contributed by atoms with van der Waals surface area (Å²) in [5.41, 5.74) is 5.37. The van der Waals surface area contributed by atoms with Gasteiger partial charge in [-0.05, 0) is 19.1 Å². The molecule has 0 aromatic carbocycles. The van der Waals surface area contributed by atoms with Gasteiger partial charge < -0.3 is 4.74 Å². The van der Waals surface area contributed by atoms with Gasteiger partial charge in [0.25, 0.3) is 0 Å². The van der Waals surface area contributed by atoms with Crippen molar-refractivity contribution in [2.75, 3.05) is 0 Å². The number of hydrogen-bond donors (Lipinski definition) is 1. The quantitative estimate of drug-likeness (QED) is 0.614. The SMILES string of the molecule is CC(N)Oc1cccnc1. The molecule has 1 aromatic heterocycles. The topological polar surface area (TPSA) is 48.1 Å². The maximum Gasteiger partial charge on any atom is 0.144 e. The van der Waals surface area contributed by atoms with E-state index in [1.54, 1.807) is 25.4 Å². The summed E-state index contributed by atoms with van der Waals surface area (Å²) in [6.07, 6.45) is 3.04. The van der Waals surface area contributed by atoms with E-state index in [0.29, 0.717) is 5.75 Å². The molecule has 0 aliphatic carbocycles. The molecule has 0 amide bonds. The summed E-state index contributed by atoms with van der Waals surface area (Å²) in [6.45, 7) is 1.77. The van der Waals surface area contributed by atoms with Crippen LogP contribution in [0.2, 0.25) is 0 Å². The van der Waals surface area contributed by atoms with E-state index < -0.39 is 0 Å². The fourth-order valence-electron chi connectivity index (χ4n) is 0.631. The van der Waals surface area contributed by atoms with E-state index in [9.17, 15) is 0 Å². The van der Waals surface area contributed by atoms with Gasteiger partial charge in [0.2, 0.25) is 0 Å². The van der Waals surface area contributed by atoms with Crippen LogP contribution in [0.5, 0.6) is 5.75 Å². The fraction of sp³-hybridized carbons (Fsp3) is 0.286. The number of rotatable bonds is 2. The highest BCUT2D eigenvalue weighted by molar-refractivity contribution is 5.15. The summed E-state index contributed by atoms with van der Waals surface area (Å²) < 4.78 is 5.13. The molecule has 3 nitrogen and oxygen atoms in total. The number of aromatic nitrogens is 1. The zero-order valence-corrected chi connectivity index (χ0v) is 5.82. The fourth-order valence-corrected chi connectivity index (χ4v) is 0.631. The molecule has 0 aliphatic rings. The number of nitrogens with zero attached hydrogens (tertiary/aromatic N) is 1. The highest BCUT2D eigenvalue weighted by Gasteiger charge is 1.93. The van der Waals surface area contributed by atoms with E-state index in [2.05, 4.69) is 4.98 Å². The molecule has 0 radical (unpaired) electrons. The summed E-state index contributed by atoms with van der Waals surface area (Å²) in [4.78, 5) is 3.86. The standard InChI is InChI=1S/C7H10N2O/c1-6(8)10-7-3-2-4-9-5-7/h2-6H,8H2,1H3. The molecule has 1 atom stereocenters. The lowest BCUT2D eigenvalue weighted by Gasteiger charge is -2.07. The molecule has 0 aliphatic heterocycles. The van der Waals surface area contributed by atoms with Gasteiger partial charge in [-0.1, -0.05) is 0 Å². The van der Waals surface area contributed by atoms with Gasteiger partial charge in [0, 0.05) is 6.20 Å². The smallest absolute Gasteiger partial charge is 0.144 e. The summed E-state index contributed by atoms with van der Waals surface area (Å²) in [5.74, 6) is 0.706. The predicted octanol–water partition coefficient (Wildman–Crippen LogP) is 0.765.